The maximum atomic E-state index is 4.37. The third kappa shape index (κ3) is 2.94. The molecule has 0 atom stereocenters. The number of fused-ring (bicyclic) bond motifs is 1. The normalized spacial score (nSPS) is 16.1. The van der Waals surface area contributed by atoms with Crippen molar-refractivity contribution in [2.24, 2.45) is 0 Å². The van der Waals surface area contributed by atoms with Crippen molar-refractivity contribution >= 4 is 16.7 Å². The highest BCUT2D eigenvalue weighted by molar-refractivity contribution is 5.79. The minimum Gasteiger partial charge on any atom is -0.369 e. The number of hydrogen-bond acceptors (Lipinski definition) is 3. The van der Waals surface area contributed by atoms with E-state index in [0.717, 1.165) is 38.4 Å². The van der Waals surface area contributed by atoms with Crippen LogP contribution >= 0.6 is 0 Å². The highest BCUT2D eigenvalue weighted by Crippen LogP contribution is 2.20. The van der Waals surface area contributed by atoms with Gasteiger partial charge in [0.2, 0.25) is 0 Å². The molecular weight excluding hydrogens is 284 g/mol. The van der Waals surface area contributed by atoms with Crippen molar-refractivity contribution in [2.75, 3.05) is 31.1 Å². The zero-order valence-corrected chi connectivity index (χ0v) is 13.5. The fraction of sp³-hybridized carbons (Fsp3) is 0.316. The summed E-state index contributed by atoms with van der Waals surface area (Å²) < 4.78 is 0. The number of benzene rings is 1. The number of pyridine rings is 1. The molecule has 0 radical (unpaired) electrons. The van der Waals surface area contributed by atoms with Crippen molar-refractivity contribution in [1.82, 2.24) is 14.9 Å². The van der Waals surface area contributed by atoms with E-state index >= 15 is 0 Å². The van der Waals surface area contributed by atoms with Crippen molar-refractivity contribution in [2.45, 2.75) is 13.5 Å². The lowest BCUT2D eigenvalue weighted by Crippen LogP contribution is -2.45. The summed E-state index contributed by atoms with van der Waals surface area (Å²) >= 11 is 0. The summed E-state index contributed by atoms with van der Waals surface area (Å²) in [5.74, 6) is 0. The fourth-order valence-electron chi connectivity index (χ4n) is 3.30. The molecule has 0 bridgehead atoms. The summed E-state index contributed by atoms with van der Waals surface area (Å²) in [6.07, 6.45) is 3.94. The molecule has 1 aliphatic heterocycles. The molecule has 1 N–H and O–H groups in total. The maximum Gasteiger partial charge on any atom is 0.137 e. The van der Waals surface area contributed by atoms with Crippen molar-refractivity contribution in [3.63, 3.8) is 0 Å². The van der Waals surface area contributed by atoms with Crippen molar-refractivity contribution in [1.29, 1.82) is 0 Å². The lowest BCUT2D eigenvalue weighted by atomic mass is 10.1. The van der Waals surface area contributed by atoms with E-state index in [1.807, 2.05) is 12.3 Å². The highest BCUT2D eigenvalue weighted by atomic mass is 15.3. The second-order valence-corrected chi connectivity index (χ2v) is 6.31. The van der Waals surface area contributed by atoms with Crippen LogP contribution in [-0.2, 0) is 6.54 Å². The summed E-state index contributed by atoms with van der Waals surface area (Å²) in [7, 11) is 0. The van der Waals surface area contributed by atoms with Crippen LogP contribution in [0, 0.1) is 6.92 Å². The van der Waals surface area contributed by atoms with Crippen LogP contribution in [0.5, 0.6) is 0 Å². The smallest absolute Gasteiger partial charge is 0.137 e. The number of aromatic amines is 1. The SMILES string of the molecule is Cc1ccc(N2CCN(Cc3c[nH]c4ncccc34)CC2)cc1. The van der Waals surface area contributed by atoms with Crippen LogP contribution < -0.4 is 4.90 Å². The standard InChI is InChI=1S/C19H22N4/c1-15-4-6-17(7-5-15)23-11-9-22(10-12-23)14-16-13-21-19-18(16)3-2-8-20-19/h2-8,13H,9-12,14H2,1H3,(H,20,21). The van der Waals surface area contributed by atoms with Gasteiger partial charge in [-0.3, -0.25) is 4.90 Å². The average molecular weight is 306 g/mol. The molecule has 4 heteroatoms. The second-order valence-electron chi connectivity index (χ2n) is 6.31. The predicted molar refractivity (Wildman–Crippen MR) is 94.8 cm³/mol. The third-order valence-corrected chi connectivity index (χ3v) is 4.70. The Bertz CT molecular complexity index is 782. The van der Waals surface area contributed by atoms with Crippen molar-refractivity contribution < 1.29 is 0 Å². The summed E-state index contributed by atoms with van der Waals surface area (Å²) in [5.41, 5.74) is 4.99. The highest BCUT2D eigenvalue weighted by Gasteiger charge is 2.18. The van der Waals surface area contributed by atoms with Crippen LogP contribution in [-0.4, -0.2) is 41.0 Å². The Morgan fingerprint density at radius 2 is 1.83 bits per heavy atom. The molecule has 3 heterocycles. The molecule has 1 fully saturated rings. The van der Waals surface area contributed by atoms with Gasteiger partial charge in [-0.2, -0.15) is 0 Å². The van der Waals surface area contributed by atoms with Gasteiger partial charge in [0.05, 0.1) is 0 Å². The zero-order chi connectivity index (χ0) is 15.6. The Morgan fingerprint density at radius 1 is 1.04 bits per heavy atom. The molecule has 0 aliphatic carbocycles. The average Bonchev–Trinajstić information content (AvgIpc) is 3.00. The minimum absolute atomic E-state index is 0.987. The van der Waals surface area contributed by atoms with Gasteiger partial charge >= 0.3 is 0 Å². The lowest BCUT2D eigenvalue weighted by Gasteiger charge is -2.36. The summed E-state index contributed by atoms with van der Waals surface area (Å²) in [6, 6.07) is 13.0. The summed E-state index contributed by atoms with van der Waals surface area (Å²) in [4.78, 5) is 12.6. The second kappa shape index (κ2) is 6.05. The molecule has 0 amide bonds. The van der Waals surface area contributed by atoms with E-state index in [1.165, 1.54) is 22.2 Å². The molecule has 0 spiro atoms. The molecule has 0 saturated carbocycles. The van der Waals surface area contributed by atoms with Crippen LogP contribution in [0.3, 0.4) is 0 Å². The van der Waals surface area contributed by atoms with E-state index in [4.69, 9.17) is 0 Å². The number of nitrogens with zero attached hydrogens (tertiary/aromatic N) is 3. The Labute approximate surface area is 136 Å². The van der Waals surface area contributed by atoms with E-state index in [-0.39, 0.29) is 0 Å². The molecule has 0 unspecified atom stereocenters. The molecular formula is C19H22N4. The Kier molecular flexibility index (Phi) is 3.75. The Balaban J connectivity index is 1.41. The van der Waals surface area contributed by atoms with Crippen molar-refractivity contribution in [3.05, 3.63) is 59.9 Å². The first-order chi connectivity index (χ1) is 11.3. The number of hydrogen-bond donors (Lipinski definition) is 1. The van der Waals surface area contributed by atoms with Crippen LogP contribution in [0.2, 0.25) is 0 Å². The van der Waals surface area contributed by atoms with Gasteiger partial charge in [0.15, 0.2) is 0 Å². The van der Waals surface area contributed by atoms with Crippen LogP contribution in [0.15, 0.2) is 48.8 Å². The lowest BCUT2D eigenvalue weighted by molar-refractivity contribution is 0.250. The maximum absolute atomic E-state index is 4.37. The number of piperazine rings is 1. The molecule has 4 rings (SSSR count). The van der Waals surface area contributed by atoms with Gasteiger partial charge in [0.1, 0.15) is 5.65 Å². The summed E-state index contributed by atoms with van der Waals surface area (Å²) in [5, 5.41) is 1.24. The molecule has 1 aliphatic rings. The topological polar surface area (TPSA) is 35.2 Å². The van der Waals surface area contributed by atoms with E-state index in [9.17, 15) is 0 Å². The van der Waals surface area contributed by atoms with Crippen molar-refractivity contribution in [3.8, 4) is 0 Å². The molecule has 23 heavy (non-hydrogen) atoms. The number of nitrogens with one attached hydrogen (secondary N) is 1. The van der Waals surface area contributed by atoms with E-state index in [0.29, 0.717) is 0 Å². The van der Waals surface area contributed by atoms with Gasteiger partial charge in [-0.05, 0) is 36.8 Å². The minimum atomic E-state index is 0.987. The van der Waals surface area contributed by atoms with Gasteiger partial charge < -0.3 is 9.88 Å². The third-order valence-electron chi connectivity index (χ3n) is 4.70. The number of aryl methyl sites for hydroxylation is 1. The predicted octanol–water partition coefficient (Wildman–Crippen LogP) is 3.19. The largest absolute Gasteiger partial charge is 0.369 e. The number of aromatic nitrogens is 2. The van der Waals surface area contributed by atoms with Crippen LogP contribution in [0.4, 0.5) is 5.69 Å². The van der Waals surface area contributed by atoms with E-state index in [2.05, 4.69) is 63.2 Å². The van der Waals surface area contributed by atoms with Gasteiger partial charge in [-0.15, -0.1) is 0 Å². The van der Waals surface area contributed by atoms with Gasteiger partial charge in [0.25, 0.3) is 0 Å². The molecule has 118 valence electrons. The molecule has 2 aromatic heterocycles. The van der Waals surface area contributed by atoms with E-state index in [1.54, 1.807) is 0 Å². The monoisotopic (exact) mass is 306 g/mol. The fourth-order valence-corrected chi connectivity index (χ4v) is 3.30. The van der Waals surface area contributed by atoms with Crippen LogP contribution in [0.25, 0.3) is 11.0 Å². The Hall–Kier alpha value is -2.33. The van der Waals surface area contributed by atoms with Gasteiger partial charge in [-0.25, -0.2) is 4.98 Å². The quantitative estimate of drug-likeness (QED) is 0.807. The molecule has 3 aromatic rings. The van der Waals surface area contributed by atoms with Gasteiger partial charge in [0, 0.05) is 56.2 Å². The molecule has 1 aromatic carbocycles. The van der Waals surface area contributed by atoms with E-state index < -0.39 is 0 Å². The zero-order valence-electron chi connectivity index (χ0n) is 13.5. The van der Waals surface area contributed by atoms with Gasteiger partial charge in [-0.1, -0.05) is 17.7 Å². The Morgan fingerprint density at radius 3 is 2.61 bits per heavy atom. The number of rotatable bonds is 3. The molecule has 4 nitrogen and oxygen atoms in total. The molecule has 1 saturated heterocycles. The first-order valence-corrected chi connectivity index (χ1v) is 8.24. The number of anilines is 1. The number of H-pyrrole nitrogens is 1. The summed E-state index contributed by atoms with van der Waals surface area (Å²) in [6.45, 7) is 7.50. The first-order valence-electron chi connectivity index (χ1n) is 8.24. The first kappa shape index (κ1) is 14.3. The van der Waals surface area contributed by atoms with Crippen LogP contribution in [0.1, 0.15) is 11.1 Å².